The molecule has 27 heavy (non-hydrogen) atoms. The molecule has 2 aliphatic rings. The quantitative estimate of drug-likeness (QED) is 0.888. The van der Waals surface area contributed by atoms with Gasteiger partial charge in [0.15, 0.2) is 0 Å². The zero-order chi connectivity index (χ0) is 19.4. The molecular weight excluding hydrogens is 338 g/mol. The molecule has 146 valence electrons. The van der Waals surface area contributed by atoms with Crippen molar-refractivity contribution in [2.45, 2.75) is 51.6 Å². The van der Waals surface area contributed by atoms with Gasteiger partial charge < -0.3 is 10.2 Å². The molecule has 2 aliphatic heterocycles. The Balaban J connectivity index is 1.74. The average molecular weight is 370 g/mol. The molecule has 1 N–H and O–H groups in total. The number of carbonyl (C=O) groups excluding carboxylic acids is 2. The van der Waals surface area contributed by atoms with Crippen LogP contribution in [-0.2, 0) is 9.59 Å². The first-order chi connectivity index (χ1) is 12.9. The van der Waals surface area contributed by atoms with Gasteiger partial charge in [-0.3, -0.25) is 14.5 Å². The zero-order valence-electron chi connectivity index (χ0n) is 16.7. The van der Waals surface area contributed by atoms with Gasteiger partial charge in [0.1, 0.15) is 0 Å². The molecular formula is C22H31N3O2. The second-order valence-corrected chi connectivity index (χ2v) is 8.11. The molecule has 2 fully saturated rings. The van der Waals surface area contributed by atoms with E-state index in [1.54, 1.807) is 13.8 Å². The maximum Gasteiger partial charge on any atom is 0.219 e. The van der Waals surface area contributed by atoms with Crippen LogP contribution in [0.1, 0.15) is 45.6 Å². The Bertz CT molecular complexity index is 706. The summed E-state index contributed by atoms with van der Waals surface area (Å²) < 4.78 is 0. The summed E-state index contributed by atoms with van der Waals surface area (Å²) in [5.41, 5.74) is 2.61. The molecule has 5 nitrogen and oxygen atoms in total. The van der Waals surface area contributed by atoms with Gasteiger partial charge in [-0.2, -0.15) is 0 Å². The second-order valence-electron chi connectivity index (χ2n) is 8.11. The summed E-state index contributed by atoms with van der Waals surface area (Å²) in [5, 5.41) is 3.12. The number of carbonyl (C=O) groups is 2. The van der Waals surface area contributed by atoms with Crippen molar-refractivity contribution in [2.24, 2.45) is 0 Å². The summed E-state index contributed by atoms with van der Waals surface area (Å²) in [6.07, 6.45) is 5.16. The molecule has 1 aromatic carbocycles. The van der Waals surface area contributed by atoms with Crippen LogP contribution in [0.25, 0.3) is 6.08 Å². The molecule has 0 saturated carbocycles. The Hall–Kier alpha value is -2.14. The Labute approximate surface area is 162 Å². The van der Waals surface area contributed by atoms with Gasteiger partial charge in [-0.15, -0.1) is 0 Å². The van der Waals surface area contributed by atoms with Gasteiger partial charge in [0.25, 0.3) is 0 Å². The van der Waals surface area contributed by atoms with Gasteiger partial charge >= 0.3 is 0 Å². The van der Waals surface area contributed by atoms with Crippen molar-refractivity contribution < 1.29 is 9.59 Å². The summed E-state index contributed by atoms with van der Waals surface area (Å²) in [7, 11) is 0. The largest absolute Gasteiger partial charge is 0.352 e. The topological polar surface area (TPSA) is 52.7 Å². The molecule has 3 rings (SSSR count). The predicted molar refractivity (Wildman–Crippen MR) is 108 cm³/mol. The molecule has 1 unspecified atom stereocenters. The van der Waals surface area contributed by atoms with Gasteiger partial charge in [-0.1, -0.05) is 42.0 Å². The molecule has 2 amide bonds. The van der Waals surface area contributed by atoms with E-state index in [-0.39, 0.29) is 23.4 Å². The Morgan fingerprint density at radius 3 is 2.41 bits per heavy atom. The van der Waals surface area contributed by atoms with Crippen molar-refractivity contribution in [1.29, 1.82) is 0 Å². The third-order valence-corrected chi connectivity index (χ3v) is 5.94. The smallest absolute Gasteiger partial charge is 0.219 e. The van der Waals surface area contributed by atoms with E-state index in [1.807, 2.05) is 11.0 Å². The van der Waals surface area contributed by atoms with E-state index in [4.69, 9.17) is 0 Å². The molecule has 2 heterocycles. The number of nitrogens with one attached hydrogen (secondary N) is 1. The number of piperidine rings is 1. The van der Waals surface area contributed by atoms with Crippen molar-refractivity contribution in [3.63, 3.8) is 0 Å². The number of hydrogen-bond acceptors (Lipinski definition) is 3. The molecule has 0 aromatic heterocycles. The van der Waals surface area contributed by atoms with Gasteiger partial charge in [-0.05, 0) is 31.7 Å². The molecule has 1 atom stereocenters. The number of amides is 2. The highest BCUT2D eigenvalue weighted by Crippen LogP contribution is 2.39. The number of benzene rings is 1. The number of likely N-dealkylation sites (tertiary alicyclic amines) is 2. The van der Waals surface area contributed by atoms with Crippen molar-refractivity contribution in [3.05, 3.63) is 41.5 Å². The van der Waals surface area contributed by atoms with E-state index in [0.717, 1.165) is 45.4 Å². The molecule has 0 aliphatic carbocycles. The maximum absolute atomic E-state index is 11.7. The first-order valence-electron chi connectivity index (χ1n) is 9.88. The third kappa shape index (κ3) is 4.78. The lowest BCUT2D eigenvalue weighted by molar-refractivity contribution is -0.131. The number of hydrogen-bond donors (Lipinski definition) is 1. The van der Waals surface area contributed by atoms with Gasteiger partial charge in [0.05, 0.1) is 0 Å². The first kappa shape index (κ1) is 19.6. The molecule has 1 spiro atoms. The molecule has 1 aromatic rings. The highest BCUT2D eigenvalue weighted by Gasteiger charge is 2.47. The van der Waals surface area contributed by atoms with Crippen LogP contribution in [0.5, 0.6) is 0 Å². The number of nitrogens with zero attached hydrogens (tertiary/aromatic N) is 2. The predicted octanol–water partition coefficient (Wildman–Crippen LogP) is 2.68. The van der Waals surface area contributed by atoms with Crippen molar-refractivity contribution in [2.75, 3.05) is 26.2 Å². The first-order valence-corrected chi connectivity index (χ1v) is 9.88. The summed E-state index contributed by atoms with van der Waals surface area (Å²) in [6.45, 7) is 8.80. The Morgan fingerprint density at radius 1 is 1.15 bits per heavy atom. The normalized spacial score (nSPS) is 22.9. The summed E-state index contributed by atoms with van der Waals surface area (Å²) in [4.78, 5) is 27.8. The highest BCUT2D eigenvalue weighted by atomic mass is 16.2. The van der Waals surface area contributed by atoms with Crippen molar-refractivity contribution in [1.82, 2.24) is 15.1 Å². The lowest BCUT2D eigenvalue weighted by Gasteiger charge is -2.45. The van der Waals surface area contributed by atoms with Gasteiger partial charge in [-0.25, -0.2) is 0 Å². The van der Waals surface area contributed by atoms with Crippen LogP contribution in [0, 0.1) is 0 Å². The fraction of sp³-hybridized carbons (Fsp3) is 0.545. The minimum Gasteiger partial charge on any atom is -0.352 e. The minimum absolute atomic E-state index is 0.0368. The van der Waals surface area contributed by atoms with Crippen molar-refractivity contribution in [3.8, 4) is 0 Å². The SMILES string of the molecule is CC(=O)NC1CN(C/C(C)=C/c2ccccc2)C2(CCN(C(C)=O)CC2)C1. The summed E-state index contributed by atoms with van der Waals surface area (Å²) in [5.74, 6) is 0.197. The van der Waals surface area contributed by atoms with E-state index < -0.39 is 0 Å². The van der Waals surface area contributed by atoms with Crippen LogP contribution in [0.3, 0.4) is 0 Å². The van der Waals surface area contributed by atoms with Crippen LogP contribution in [0.4, 0.5) is 0 Å². The van der Waals surface area contributed by atoms with Crippen LogP contribution < -0.4 is 5.32 Å². The van der Waals surface area contributed by atoms with Crippen LogP contribution in [0.15, 0.2) is 35.9 Å². The second kappa shape index (κ2) is 8.26. The fourth-order valence-corrected chi connectivity index (χ4v) is 4.67. The third-order valence-electron chi connectivity index (χ3n) is 5.94. The molecule has 0 bridgehead atoms. The standard InChI is InChI=1S/C22H31N3O2/c1-17(13-20-7-5-4-6-8-20)15-25-16-21(23-18(2)26)14-22(25)9-11-24(12-10-22)19(3)27/h4-8,13,21H,9-12,14-16H2,1-3H3,(H,23,26)/b17-13+. The average Bonchev–Trinajstić information content (AvgIpc) is 2.91. The summed E-state index contributed by atoms with van der Waals surface area (Å²) in [6, 6.07) is 10.6. The van der Waals surface area contributed by atoms with E-state index in [1.165, 1.54) is 11.1 Å². The number of rotatable bonds is 4. The Morgan fingerprint density at radius 2 is 1.81 bits per heavy atom. The lowest BCUT2D eigenvalue weighted by atomic mass is 9.83. The maximum atomic E-state index is 11.7. The van der Waals surface area contributed by atoms with E-state index in [2.05, 4.69) is 47.5 Å². The van der Waals surface area contributed by atoms with E-state index >= 15 is 0 Å². The zero-order valence-corrected chi connectivity index (χ0v) is 16.7. The molecule has 2 saturated heterocycles. The van der Waals surface area contributed by atoms with Gasteiger partial charge in [0, 0.05) is 51.6 Å². The lowest BCUT2D eigenvalue weighted by Crippen LogP contribution is -2.53. The van der Waals surface area contributed by atoms with E-state index in [9.17, 15) is 9.59 Å². The van der Waals surface area contributed by atoms with Crippen LogP contribution >= 0.6 is 0 Å². The van der Waals surface area contributed by atoms with Crippen LogP contribution in [0.2, 0.25) is 0 Å². The fourth-order valence-electron chi connectivity index (χ4n) is 4.67. The van der Waals surface area contributed by atoms with Crippen molar-refractivity contribution >= 4 is 17.9 Å². The van der Waals surface area contributed by atoms with Crippen LogP contribution in [-0.4, -0.2) is 59.4 Å². The highest BCUT2D eigenvalue weighted by molar-refractivity contribution is 5.73. The minimum atomic E-state index is 0.0368. The van der Waals surface area contributed by atoms with Gasteiger partial charge in [0.2, 0.25) is 11.8 Å². The van der Waals surface area contributed by atoms with E-state index in [0.29, 0.717) is 0 Å². The monoisotopic (exact) mass is 369 g/mol. The molecule has 5 heteroatoms. The molecule has 0 radical (unpaired) electrons. The Kier molecular flexibility index (Phi) is 6.00. The summed E-state index contributed by atoms with van der Waals surface area (Å²) >= 11 is 0.